The molecule has 0 unspecified atom stereocenters. The fraction of sp³-hybridized carbons (Fsp3) is 0.312. The van der Waals surface area contributed by atoms with Crippen molar-refractivity contribution in [1.29, 1.82) is 0 Å². The molecule has 0 aliphatic rings. The molecule has 28 heavy (non-hydrogen) atoms. The third-order valence-corrected chi connectivity index (χ3v) is 4.78. The zero-order valence-electron chi connectivity index (χ0n) is 14.9. The molecule has 0 spiro atoms. The third-order valence-electron chi connectivity index (χ3n) is 3.51. The Kier molecular flexibility index (Phi) is 4.91. The van der Waals surface area contributed by atoms with E-state index in [-0.39, 0.29) is 16.2 Å². The minimum Gasteiger partial charge on any atom is -0.295 e. The number of nitrogens with one attached hydrogen (secondary N) is 1. The maximum Gasteiger partial charge on any atom is 0.435 e. The van der Waals surface area contributed by atoms with Crippen molar-refractivity contribution in [2.45, 2.75) is 32.4 Å². The first-order chi connectivity index (χ1) is 13.0. The summed E-state index contributed by atoms with van der Waals surface area (Å²) in [6, 6.07) is 4.15. The molecular formula is C16H14F4N6OS. The van der Waals surface area contributed by atoms with Crippen molar-refractivity contribution >= 4 is 22.4 Å². The lowest BCUT2D eigenvalue weighted by molar-refractivity contribution is -0.143. The van der Waals surface area contributed by atoms with E-state index < -0.39 is 29.3 Å². The van der Waals surface area contributed by atoms with Crippen LogP contribution in [0.4, 0.5) is 22.7 Å². The van der Waals surface area contributed by atoms with Gasteiger partial charge in [-0.25, -0.2) is 9.07 Å². The fourth-order valence-corrected chi connectivity index (χ4v) is 2.98. The number of anilines is 1. The Bertz CT molecular complexity index is 1000. The van der Waals surface area contributed by atoms with Gasteiger partial charge < -0.3 is 0 Å². The lowest BCUT2D eigenvalue weighted by Crippen LogP contribution is -2.21. The second-order valence-electron chi connectivity index (χ2n) is 6.79. The summed E-state index contributed by atoms with van der Waals surface area (Å²) in [5.74, 6) is -1.75. The van der Waals surface area contributed by atoms with Gasteiger partial charge >= 0.3 is 6.18 Å². The topological polar surface area (TPSA) is 85.6 Å². The zero-order chi connectivity index (χ0) is 20.7. The number of rotatable bonds is 3. The summed E-state index contributed by atoms with van der Waals surface area (Å²) >= 11 is 1.05. The molecule has 0 atom stereocenters. The molecule has 148 valence electrons. The van der Waals surface area contributed by atoms with Gasteiger partial charge in [0.2, 0.25) is 5.13 Å². The van der Waals surface area contributed by atoms with Crippen molar-refractivity contribution in [1.82, 2.24) is 25.2 Å². The van der Waals surface area contributed by atoms with E-state index in [1.165, 1.54) is 0 Å². The number of halogens is 4. The Hall–Kier alpha value is -2.89. The predicted octanol–water partition coefficient (Wildman–Crippen LogP) is 3.83. The number of alkyl halides is 3. The number of hydrogen-bond donors (Lipinski definition) is 1. The first kappa shape index (κ1) is 19.9. The highest BCUT2D eigenvalue weighted by Gasteiger charge is 2.42. The molecule has 2 aromatic heterocycles. The molecule has 12 heteroatoms. The maximum absolute atomic E-state index is 13.6. The molecule has 0 aliphatic heterocycles. The SMILES string of the molecule is CC(C)(C)c1nnc(NC(=O)c2nnn(-c3ccc(F)cc3)c2C(F)(F)F)s1. The van der Waals surface area contributed by atoms with Gasteiger partial charge in [-0.1, -0.05) is 37.3 Å². The third kappa shape index (κ3) is 4.01. The second-order valence-corrected chi connectivity index (χ2v) is 7.77. The first-order valence-corrected chi connectivity index (χ1v) is 8.72. The van der Waals surface area contributed by atoms with Gasteiger partial charge in [0.25, 0.3) is 5.91 Å². The smallest absolute Gasteiger partial charge is 0.295 e. The average Bonchev–Trinajstić information content (AvgIpc) is 3.21. The van der Waals surface area contributed by atoms with Crippen molar-refractivity contribution in [2.24, 2.45) is 0 Å². The van der Waals surface area contributed by atoms with Crippen LogP contribution < -0.4 is 5.32 Å². The van der Waals surface area contributed by atoms with E-state index in [1.807, 2.05) is 20.8 Å². The molecule has 0 aliphatic carbocycles. The highest BCUT2D eigenvalue weighted by Crippen LogP contribution is 2.33. The second kappa shape index (κ2) is 6.93. The molecule has 1 N–H and O–H groups in total. The largest absolute Gasteiger partial charge is 0.435 e. The van der Waals surface area contributed by atoms with Crippen molar-refractivity contribution in [3.8, 4) is 5.69 Å². The van der Waals surface area contributed by atoms with Gasteiger partial charge in [-0.05, 0) is 24.3 Å². The van der Waals surface area contributed by atoms with Crippen molar-refractivity contribution < 1.29 is 22.4 Å². The summed E-state index contributed by atoms with van der Waals surface area (Å²) in [4.78, 5) is 12.4. The normalized spacial score (nSPS) is 12.2. The van der Waals surface area contributed by atoms with Crippen LogP contribution in [-0.4, -0.2) is 31.1 Å². The summed E-state index contributed by atoms with van der Waals surface area (Å²) in [6.07, 6.45) is -4.93. The number of aromatic nitrogens is 5. The minimum absolute atomic E-state index is 0.0411. The number of carbonyl (C=O) groups excluding carboxylic acids is 1. The van der Waals surface area contributed by atoms with Gasteiger partial charge in [0.1, 0.15) is 10.8 Å². The number of amides is 1. The molecule has 0 fully saturated rings. The number of nitrogens with zero attached hydrogens (tertiary/aromatic N) is 5. The monoisotopic (exact) mass is 414 g/mol. The van der Waals surface area contributed by atoms with Crippen molar-refractivity contribution in [2.75, 3.05) is 5.32 Å². The molecule has 3 rings (SSSR count). The van der Waals surface area contributed by atoms with Crippen LogP contribution in [0.2, 0.25) is 0 Å². The van der Waals surface area contributed by atoms with Crippen LogP contribution in [0, 0.1) is 5.82 Å². The van der Waals surface area contributed by atoms with Crippen LogP contribution in [0.25, 0.3) is 5.69 Å². The quantitative estimate of drug-likeness (QED) is 0.659. The Morgan fingerprint density at radius 2 is 1.71 bits per heavy atom. The molecule has 3 aromatic rings. The highest BCUT2D eigenvalue weighted by atomic mass is 32.1. The lowest BCUT2D eigenvalue weighted by atomic mass is 9.98. The minimum atomic E-state index is -4.93. The predicted molar refractivity (Wildman–Crippen MR) is 92.9 cm³/mol. The van der Waals surface area contributed by atoms with Gasteiger partial charge in [0.05, 0.1) is 5.69 Å². The Labute approximate surface area is 160 Å². The summed E-state index contributed by atoms with van der Waals surface area (Å²) < 4.78 is 54.3. The Morgan fingerprint density at radius 1 is 1.07 bits per heavy atom. The van der Waals surface area contributed by atoms with E-state index in [1.54, 1.807) is 0 Å². The number of hydrogen-bond acceptors (Lipinski definition) is 6. The Balaban J connectivity index is 1.96. The number of carbonyl (C=O) groups is 1. The summed E-state index contributed by atoms with van der Waals surface area (Å²) in [6.45, 7) is 5.65. The van der Waals surface area contributed by atoms with Crippen LogP contribution in [0.3, 0.4) is 0 Å². The molecule has 0 bridgehead atoms. The van der Waals surface area contributed by atoms with E-state index in [9.17, 15) is 22.4 Å². The molecule has 7 nitrogen and oxygen atoms in total. The average molecular weight is 414 g/mol. The molecular weight excluding hydrogens is 400 g/mol. The van der Waals surface area contributed by atoms with Gasteiger partial charge in [0, 0.05) is 5.41 Å². The summed E-state index contributed by atoms with van der Waals surface area (Å²) in [5, 5.41) is 17.4. The van der Waals surface area contributed by atoms with Crippen molar-refractivity contribution in [3.63, 3.8) is 0 Å². The van der Waals surface area contributed by atoms with Gasteiger partial charge in [-0.3, -0.25) is 10.1 Å². The van der Waals surface area contributed by atoms with E-state index >= 15 is 0 Å². The van der Waals surface area contributed by atoms with Gasteiger partial charge in [0.15, 0.2) is 11.4 Å². The number of benzene rings is 1. The van der Waals surface area contributed by atoms with Crippen LogP contribution in [0.15, 0.2) is 24.3 Å². The van der Waals surface area contributed by atoms with Crippen molar-refractivity contribution in [3.05, 3.63) is 46.5 Å². The standard InChI is InChI=1S/C16H14F4N6OS/c1-15(2,3)13-23-24-14(28-13)21-12(27)10-11(16(18,19)20)26(25-22-10)9-6-4-8(17)5-7-9/h4-7H,1-3H3,(H,21,24,27). The van der Waals surface area contributed by atoms with Crippen LogP contribution in [-0.2, 0) is 11.6 Å². The zero-order valence-corrected chi connectivity index (χ0v) is 15.7. The fourth-order valence-electron chi connectivity index (χ4n) is 2.19. The molecule has 2 heterocycles. The van der Waals surface area contributed by atoms with Gasteiger partial charge in [-0.15, -0.1) is 15.3 Å². The van der Waals surface area contributed by atoms with E-state index in [0.717, 1.165) is 35.6 Å². The Morgan fingerprint density at radius 3 is 2.25 bits per heavy atom. The summed E-state index contributed by atoms with van der Waals surface area (Å²) in [7, 11) is 0. The molecule has 0 saturated carbocycles. The molecule has 1 amide bonds. The summed E-state index contributed by atoms with van der Waals surface area (Å²) in [5.41, 5.74) is -2.73. The highest BCUT2D eigenvalue weighted by molar-refractivity contribution is 7.15. The molecule has 0 saturated heterocycles. The first-order valence-electron chi connectivity index (χ1n) is 7.91. The van der Waals surface area contributed by atoms with E-state index in [4.69, 9.17) is 0 Å². The van der Waals surface area contributed by atoms with E-state index in [2.05, 4.69) is 25.8 Å². The molecule has 0 radical (unpaired) electrons. The van der Waals surface area contributed by atoms with Crippen LogP contribution >= 0.6 is 11.3 Å². The molecule has 1 aromatic carbocycles. The lowest BCUT2D eigenvalue weighted by Gasteiger charge is -2.12. The maximum atomic E-state index is 13.6. The van der Waals surface area contributed by atoms with E-state index in [0.29, 0.717) is 9.69 Å². The van der Waals surface area contributed by atoms with Gasteiger partial charge in [-0.2, -0.15) is 13.2 Å². The van der Waals surface area contributed by atoms with Crippen LogP contribution in [0.1, 0.15) is 42.0 Å². The van der Waals surface area contributed by atoms with Crippen LogP contribution in [0.5, 0.6) is 0 Å².